The lowest BCUT2D eigenvalue weighted by molar-refractivity contribution is -0.294. The van der Waals surface area contributed by atoms with Gasteiger partial charge in [-0.15, -0.1) is 0 Å². The molecular formula is C28H49N3O11. The lowest BCUT2D eigenvalue weighted by atomic mass is 9.96. The minimum atomic E-state index is -1.39. The standard InChI is InChI=1S/C28H49N3O11/c1-4-5-6-7-8-20(27(38)39)30-26(37)19-16-31(15-17(19)2)22(33)10-9-21(32)29-11-12-40-13-14-41-28-25(36)24(35)23(34)18(3)42-28/h17-20,23-25,28,34-36H,4-16H2,1-3H3,(H,29,32)(H,30,37)(H,38,39)/t17-,18-,19-,20-,23-,24+,25+,28+/m0/s1. The van der Waals surface area contributed by atoms with Crippen LogP contribution in [0.15, 0.2) is 0 Å². The molecule has 14 heteroatoms. The van der Waals surface area contributed by atoms with Gasteiger partial charge in [0.2, 0.25) is 17.7 Å². The summed E-state index contributed by atoms with van der Waals surface area (Å²) in [6, 6.07) is -0.946. The fraction of sp³-hybridized carbons (Fsp3) is 0.857. The first kappa shape index (κ1) is 35.8. The minimum absolute atomic E-state index is 0.0144. The van der Waals surface area contributed by atoms with Crippen LogP contribution in [0, 0.1) is 11.8 Å². The lowest BCUT2D eigenvalue weighted by Crippen LogP contribution is -2.57. The van der Waals surface area contributed by atoms with Gasteiger partial charge in [-0.2, -0.15) is 0 Å². The third-order valence-corrected chi connectivity index (χ3v) is 7.72. The number of carbonyl (C=O) groups is 4. The number of nitrogens with one attached hydrogen (secondary N) is 2. The third kappa shape index (κ3) is 11.4. The van der Waals surface area contributed by atoms with E-state index in [2.05, 4.69) is 17.6 Å². The molecule has 2 saturated heterocycles. The molecule has 0 unspecified atom stereocenters. The third-order valence-electron chi connectivity index (χ3n) is 7.72. The Bertz CT molecular complexity index is 876. The van der Waals surface area contributed by atoms with Crippen molar-refractivity contribution in [1.82, 2.24) is 15.5 Å². The van der Waals surface area contributed by atoms with E-state index in [1.807, 2.05) is 6.92 Å². The van der Waals surface area contributed by atoms with Crippen molar-refractivity contribution in [3.8, 4) is 0 Å². The summed E-state index contributed by atoms with van der Waals surface area (Å²) in [5.41, 5.74) is 0. The number of hydrogen-bond acceptors (Lipinski definition) is 10. The van der Waals surface area contributed by atoms with Gasteiger partial charge in [0.05, 0.1) is 31.8 Å². The van der Waals surface area contributed by atoms with Crippen LogP contribution in [-0.2, 0) is 33.4 Å². The smallest absolute Gasteiger partial charge is 0.326 e. The van der Waals surface area contributed by atoms with E-state index in [4.69, 9.17) is 14.2 Å². The molecule has 0 saturated carbocycles. The molecule has 0 aromatic carbocycles. The van der Waals surface area contributed by atoms with Gasteiger partial charge >= 0.3 is 5.97 Å². The van der Waals surface area contributed by atoms with Crippen LogP contribution < -0.4 is 10.6 Å². The molecule has 2 aliphatic rings. The van der Waals surface area contributed by atoms with E-state index in [0.29, 0.717) is 13.0 Å². The average Bonchev–Trinajstić information content (AvgIpc) is 3.35. The van der Waals surface area contributed by atoms with Gasteiger partial charge in [0.1, 0.15) is 24.4 Å². The average molecular weight is 604 g/mol. The summed E-state index contributed by atoms with van der Waals surface area (Å²) in [6.45, 7) is 6.62. The SMILES string of the molecule is CCCCCC[C@H](NC(=O)[C@H]1CN(C(=O)CCC(=O)NCCOCCO[C@@H]2O[C@@H](C)[C@H](O)[C@@H](O)[C@H]2O)C[C@@H]1C)C(=O)O. The second-order valence-corrected chi connectivity index (χ2v) is 11.1. The van der Waals surface area contributed by atoms with Crippen molar-refractivity contribution in [2.24, 2.45) is 11.8 Å². The highest BCUT2D eigenvalue weighted by atomic mass is 16.7. The Hall–Kier alpha value is -2.36. The summed E-state index contributed by atoms with van der Waals surface area (Å²) in [6.07, 6.45) is -1.76. The first-order chi connectivity index (χ1) is 20.0. The number of ether oxygens (including phenoxy) is 3. The zero-order valence-electron chi connectivity index (χ0n) is 24.9. The van der Waals surface area contributed by atoms with Gasteiger partial charge in [0, 0.05) is 32.5 Å². The van der Waals surface area contributed by atoms with E-state index in [1.165, 1.54) is 0 Å². The summed E-state index contributed by atoms with van der Waals surface area (Å²) in [4.78, 5) is 50.8. The van der Waals surface area contributed by atoms with Crippen molar-refractivity contribution >= 4 is 23.7 Å². The predicted octanol–water partition coefficient (Wildman–Crippen LogP) is -0.622. The van der Waals surface area contributed by atoms with Gasteiger partial charge in [-0.25, -0.2) is 4.79 Å². The molecule has 14 nitrogen and oxygen atoms in total. The van der Waals surface area contributed by atoms with Crippen LogP contribution in [-0.4, -0.2) is 125 Å². The van der Waals surface area contributed by atoms with Crippen LogP contribution in [0.25, 0.3) is 0 Å². The van der Waals surface area contributed by atoms with Gasteiger partial charge in [-0.3, -0.25) is 14.4 Å². The molecule has 42 heavy (non-hydrogen) atoms. The lowest BCUT2D eigenvalue weighted by Gasteiger charge is -2.38. The van der Waals surface area contributed by atoms with Crippen LogP contribution in [0.1, 0.15) is 65.7 Å². The molecule has 2 aliphatic heterocycles. The number of hydrogen-bond donors (Lipinski definition) is 6. The molecule has 0 aliphatic carbocycles. The number of aliphatic carboxylic acids is 1. The number of likely N-dealkylation sites (tertiary alicyclic amines) is 1. The fourth-order valence-electron chi connectivity index (χ4n) is 5.03. The van der Waals surface area contributed by atoms with Crippen molar-refractivity contribution in [3.63, 3.8) is 0 Å². The maximum atomic E-state index is 12.8. The molecule has 8 atom stereocenters. The van der Waals surface area contributed by atoms with Crippen molar-refractivity contribution in [1.29, 1.82) is 0 Å². The molecule has 0 radical (unpaired) electrons. The van der Waals surface area contributed by atoms with Gasteiger partial charge in [0.25, 0.3) is 0 Å². The number of amides is 3. The van der Waals surface area contributed by atoms with E-state index in [1.54, 1.807) is 11.8 Å². The van der Waals surface area contributed by atoms with E-state index in [9.17, 15) is 39.6 Å². The van der Waals surface area contributed by atoms with Crippen LogP contribution in [0.4, 0.5) is 0 Å². The normalized spacial score (nSPS) is 28.3. The summed E-state index contributed by atoms with van der Waals surface area (Å²) in [7, 11) is 0. The number of carboxylic acid groups (broad SMARTS) is 1. The molecule has 2 fully saturated rings. The largest absolute Gasteiger partial charge is 0.480 e. The number of carbonyl (C=O) groups excluding carboxylic acids is 3. The molecule has 6 N–H and O–H groups in total. The zero-order chi connectivity index (χ0) is 31.2. The van der Waals surface area contributed by atoms with Crippen LogP contribution in [0.2, 0.25) is 0 Å². The molecule has 0 spiro atoms. The van der Waals surface area contributed by atoms with Gasteiger partial charge in [0.15, 0.2) is 6.29 Å². The van der Waals surface area contributed by atoms with E-state index < -0.39 is 48.6 Å². The number of rotatable bonds is 18. The van der Waals surface area contributed by atoms with E-state index >= 15 is 0 Å². The second-order valence-electron chi connectivity index (χ2n) is 11.1. The van der Waals surface area contributed by atoms with Gasteiger partial charge in [-0.1, -0.05) is 39.5 Å². The van der Waals surface area contributed by atoms with Gasteiger partial charge in [-0.05, 0) is 19.3 Å². The second kappa shape index (κ2) is 18.3. The fourth-order valence-corrected chi connectivity index (χ4v) is 5.03. The Morgan fingerprint density at radius 1 is 0.952 bits per heavy atom. The van der Waals surface area contributed by atoms with Crippen molar-refractivity contribution in [3.05, 3.63) is 0 Å². The molecule has 242 valence electrons. The van der Waals surface area contributed by atoms with Crippen molar-refractivity contribution < 1.29 is 53.8 Å². The minimum Gasteiger partial charge on any atom is -0.480 e. The number of aliphatic hydroxyl groups is 3. The van der Waals surface area contributed by atoms with E-state index in [0.717, 1.165) is 25.7 Å². The maximum absolute atomic E-state index is 12.8. The summed E-state index contributed by atoms with van der Waals surface area (Å²) >= 11 is 0. The highest BCUT2D eigenvalue weighted by Gasteiger charge is 2.42. The maximum Gasteiger partial charge on any atom is 0.326 e. The summed E-state index contributed by atoms with van der Waals surface area (Å²) < 4.78 is 16.1. The predicted molar refractivity (Wildman–Crippen MR) is 149 cm³/mol. The monoisotopic (exact) mass is 603 g/mol. The Morgan fingerprint density at radius 3 is 2.38 bits per heavy atom. The van der Waals surface area contributed by atoms with Crippen LogP contribution >= 0.6 is 0 Å². The molecular weight excluding hydrogens is 554 g/mol. The van der Waals surface area contributed by atoms with E-state index in [-0.39, 0.29) is 69.4 Å². The number of aliphatic hydroxyl groups excluding tert-OH is 3. The Kier molecular flexibility index (Phi) is 15.6. The summed E-state index contributed by atoms with van der Waals surface area (Å²) in [5.74, 6) is -2.63. The quantitative estimate of drug-likeness (QED) is 0.109. The molecule has 0 bridgehead atoms. The van der Waals surface area contributed by atoms with Crippen molar-refractivity contribution in [2.75, 3.05) is 39.5 Å². The molecule has 0 aromatic heterocycles. The van der Waals surface area contributed by atoms with Crippen LogP contribution in [0.3, 0.4) is 0 Å². The molecule has 2 heterocycles. The highest BCUT2D eigenvalue weighted by Crippen LogP contribution is 2.25. The van der Waals surface area contributed by atoms with Crippen molar-refractivity contribution in [2.45, 2.75) is 102 Å². The number of carboxylic acids is 1. The Morgan fingerprint density at radius 2 is 1.69 bits per heavy atom. The summed E-state index contributed by atoms with van der Waals surface area (Å²) in [5, 5.41) is 44.2. The number of nitrogens with zero attached hydrogens (tertiary/aromatic N) is 1. The van der Waals surface area contributed by atoms with Gasteiger partial charge < -0.3 is 50.2 Å². The number of unbranched alkanes of at least 4 members (excludes halogenated alkanes) is 3. The molecule has 0 aromatic rings. The van der Waals surface area contributed by atoms with Crippen LogP contribution in [0.5, 0.6) is 0 Å². The Labute approximate surface area is 247 Å². The first-order valence-electron chi connectivity index (χ1n) is 14.9. The molecule has 3 amide bonds. The Balaban J connectivity index is 1.60. The highest BCUT2D eigenvalue weighted by molar-refractivity contribution is 5.87. The molecule has 2 rings (SSSR count). The first-order valence-corrected chi connectivity index (χ1v) is 14.9. The topological polar surface area (TPSA) is 204 Å². The zero-order valence-corrected chi connectivity index (χ0v) is 24.9.